The molecule has 0 atom stereocenters. The van der Waals surface area contributed by atoms with E-state index in [9.17, 15) is 25.0 Å². The number of anilines is 1. The molecule has 11 nitrogen and oxygen atoms in total. The van der Waals surface area contributed by atoms with Crippen LogP contribution in [0.3, 0.4) is 0 Å². The van der Waals surface area contributed by atoms with Crippen molar-refractivity contribution in [2.24, 2.45) is 0 Å². The van der Waals surface area contributed by atoms with Gasteiger partial charge in [0.15, 0.2) is 18.2 Å². The molecular weight excluding hydrogens is 370 g/mol. The first-order valence-corrected chi connectivity index (χ1v) is 7.90. The van der Waals surface area contributed by atoms with E-state index in [-0.39, 0.29) is 35.2 Å². The second kappa shape index (κ2) is 7.95. The predicted molar refractivity (Wildman–Crippen MR) is 97.0 cm³/mol. The molecule has 1 N–H and O–H groups in total. The van der Waals surface area contributed by atoms with Crippen molar-refractivity contribution in [3.63, 3.8) is 0 Å². The van der Waals surface area contributed by atoms with Crippen molar-refractivity contribution in [2.75, 3.05) is 5.32 Å². The second-order valence-electron chi connectivity index (χ2n) is 5.47. The van der Waals surface area contributed by atoms with Gasteiger partial charge in [0.1, 0.15) is 5.69 Å². The van der Waals surface area contributed by atoms with E-state index in [4.69, 9.17) is 4.74 Å². The van der Waals surface area contributed by atoms with Crippen LogP contribution in [-0.4, -0.2) is 25.5 Å². The first-order valence-electron chi connectivity index (χ1n) is 7.90. The van der Waals surface area contributed by atoms with Gasteiger partial charge in [0, 0.05) is 18.3 Å². The summed E-state index contributed by atoms with van der Waals surface area (Å²) < 4.78 is 6.65. The summed E-state index contributed by atoms with van der Waals surface area (Å²) in [5.74, 6) is -0.576. The largest absolute Gasteiger partial charge is 0.464 e. The van der Waals surface area contributed by atoms with E-state index in [1.165, 1.54) is 53.3 Å². The Morgan fingerprint density at radius 2 is 1.64 bits per heavy atom. The number of para-hydroxylation sites is 4. The lowest BCUT2D eigenvalue weighted by Crippen LogP contribution is -2.15. The van der Waals surface area contributed by atoms with E-state index >= 15 is 0 Å². The van der Waals surface area contributed by atoms with Crippen molar-refractivity contribution >= 4 is 23.0 Å². The van der Waals surface area contributed by atoms with E-state index in [1.807, 2.05) is 0 Å². The van der Waals surface area contributed by atoms with Crippen LogP contribution in [0.5, 0.6) is 5.75 Å². The molecule has 142 valence electrons. The van der Waals surface area contributed by atoms with Gasteiger partial charge in [-0.2, -0.15) is 5.10 Å². The zero-order valence-corrected chi connectivity index (χ0v) is 14.2. The van der Waals surface area contributed by atoms with E-state index in [0.717, 1.165) is 0 Å². The maximum absolute atomic E-state index is 12.3. The predicted octanol–water partition coefficient (Wildman–Crippen LogP) is 2.99. The van der Waals surface area contributed by atoms with Crippen LogP contribution in [0.15, 0.2) is 60.8 Å². The standard InChI is InChI=1S/C17H13N5O6/c23-17(18-12-5-1-2-6-14(12)21(24)25)13-9-10-20(19-13)11-28-16-8-4-3-7-15(16)22(26)27/h1-10H,11H2,(H,18,23). The number of carbonyl (C=O) groups excluding carboxylic acids is 1. The van der Waals surface area contributed by atoms with Crippen molar-refractivity contribution in [3.05, 3.63) is 86.7 Å². The summed E-state index contributed by atoms with van der Waals surface area (Å²) in [6.07, 6.45) is 1.45. The van der Waals surface area contributed by atoms with Crippen LogP contribution in [0.4, 0.5) is 17.1 Å². The van der Waals surface area contributed by atoms with Gasteiger partial charge in [0.25, 0.3) is 11.6 Å². The lowest BCUT2D eigenvalue weighted by molar-refractivity contribution is -0.386. The van der Waals surface area contributed by atoms with E-state index < -0.39 is 15.8 Å². The van der Waals surface area contributed by atoms with E-state index in [1.54, 1.807) is 12.1 Å². The summed E-state index contributed by atoms with van der Waals surface area (Å²) in [5.41, 5.74) is -0.383. The summed E-state index contributed by atoms with van der Waals surface area (Å²) >= 11 is 0. The van der Waals surface area contributed by atoms with Gasteiger partial charge in [-0.05, 0) is 18.2 Å². The lowest BCUT2D eigenvalue weighted by atomic mass is 10.2. The molecule has 0 unspecified atom stereocenters. The average Bonchev–Trinajstić information content (AvgIpc) is 3.16. The molecule has 0 saturated heterocycles. The highest BCUT2D eigenvalue weighted by atomic mass is 16.6. The molecule has 0 bridgehead atoms. The number of nitro groups is 2. The number of nitro benzene ring substituents is 2. The molecule has 0 aliphatic heterocycles. The first-order chi connectivity index (χ1) is 13.5. The van der Waals surface area contributed by atoms with Gasteiger partial charge < -0.3 is 10.1 Å². The minimum Gasteiger partial charge on any atom is -0.464 e. The monoisotopic (exact) mass is 383 g/mol. The Labute approximate surface area is 157 Å². The van der Waals surface area contributed by atoms with Crippen molar-refractivity contribution in [1.29, 1.82) is 0 Å². The molecule has 0 aliphatic rings. The molecule has 0 radical (unpaired) electrons. The maximum Gasteiger partial charge on any atom is 0.311 e. The minimum atomic E-state index is -0.640. The van der Waals surface area contributed by atoms with Gasteiger partial charge in [-0.1, -0.05) is 24.3 Å². The van der Waals surface area contributed by atoms with Crippen molar-refractivity contribution < 1.29 is 19.4 Å². The maximum atomic E-state index is 12.3. The first kappa shape index (κ1) is 18.5. The van der Waals surface area contributed by atoms with Crippen LogP contribution in [0.2, 0.25) is 0 Å². The molecular formula is C17H13N5O6. The molecule has 11 heteroatoms. The number of benzene rings is 2. The average molecular weight is 383 g/mol. The van der Waals surface area contributed by atoms with Crippen LogP contribution < -0.4 is 10.1 Å². The quantitative estimate of drug-likeness (QED) is 0.488. The normalized spacial score (nSPS) is 10.3. The topological polar surface area (TPSA) is 142 Å². The third kappa shape index (κ3) is 4.09. The highest BCUT2D eigenvalue weighted by Gasteiger charge is 2.18. The number of carbonyl (C=O) groups is 1. The molecule has 2 aromatic carbocycles. The van der Waals surface area contributed by atoms with E-state index in [2.05, 4.69) is 10.4 Å². The molecule has 3 aromatic rings. The summed E-state index contributed by atoms with van der Waals surface area (Å²) in [6.45, 7) is -0.163. The Balaban J connectivity index is 1.68. The Morgan fingerprint density at radius 3 is 2.36 bits per heavy atom. The van der Waals surface area contributed by atoms with Crippen molar-refractivity contribution in [2.45, 2.75) is 6.73 Å². The molecule has 1 heterocycles. The van der Waals surface area contributed by atoms with Gasteiger partial charge in [-0.3, -0.25) is 25.0 Å². The molecule has 0 fully saturated rings. The third-order valence-electron chi connectivity index (χ3n) is 3.64. The van der Waals surface area contributed by atoms with Crippen molar-refractivity contribution in [3.8, 4) is 5.75 Å². The Bertz CT molecular complexity index is 1050. The molecule has 0 spiro atoms. The molecule has 0 saturated carbocycles. The van der Waals surface area contributed by atoms with Crippen LogP contribution >= 0.6 is 0 Å². The highest BCUT2D eigenvalue weighted by Crippen LogP contribution is 2.26. The van der Waals surface area contributed by atoms with Gasteiger partial charge in [0.05, 0.1) is 9.85 Å². The molecule has 1 aromatic heterocycles. The van der Waals surface area contributed by atoms with Gasteiger partial charge >= 0.3 is 5.69 Å². The highest BCUT2D eigenvalue weighted by molar-refractivity contribution is 6.04. The number of hydrogen-bond acceptors (Lipinski definition) is 7. The Hall–Kier alpha value is -4.28. The Kier molecular flexibility index (Phi) is 5.25. The van der Waals surface area contributed by atoms with Gasteiger partial charge in [-0.25, -0.2) is 4.68 Å². The zero-order valence-electron chi connectivity index (χ0n) is 14.2. The number of hydrogen-bond donors (Lipinski definition) is 1. The Morgan fingerprint density at radius 1 is 1.00 bits per heavy atom. The van der Waals surface area contributed by atoms with E-state index in [0.29, 0.717) is 0 Å². The fourth-order valence-corrected chi connectivity index (χ4v) is 2.35. The molecule has 0 aliphatic carbocycles. The number of aromatic nitrogens is 2. The van der Waals surface area contributed by atoms with Crippen LogP contribution in [0, 0.1) is 20.2 Å². The minimum absolute atomic E-state index is 0.00399. The number of nitrogens with one attached hydrogen (secondary N) is 1. The SMILES string of the molecule is O=C(Nc1ccccc1[N+](=O)[O-])c1ccn(COc2ccccc2[N+](=O)[O-])n1. The zero-order chi connectivity index (χ0) is 20.1. The fourth-order valence-electron chi connectivity index (χ4n) is 2.35. The lowest BCUT2D eigenvalue weighted by Gasteiger charge is -2.06. The number of rotatable bonds is 7. The molecule has 1 amide bonds. The number of nitrogens with zero attached hydrogens (tertiary/aromatic N) is 4. The second-order valence-corrected chi connectivity index (χ2v) is 5.47. The van der Waals surface area contributed by atoms with Crippen LogP contribution in [0.1, 0.15) is 10.5 Å². The third-order valence-corrected chi connectivity index (χ3v) is 3.64. The van der Waals surface area contributed by atoms with Crippen LogP contribution in [-0.2, 0) is 6.73 Å². The molecule has 3 rings (SSSR count). The summed E-state index contributed by atoms with van der Waals surface area (Å²) in [5, 5.41) is 28.4. The number of amides is 1. The number of ether oxygens (including phenoxy) is 1. The smallest absolute Gasteiger partial charge is 0.311 e. The van der Waals surface area contributed by atoms with Crippen molar-refractivity contribution in [1.82, 2.24) is 9.78 Å². The summed E-state index contributed by atoms with van der Waals surface area (Å²) in [6, 6.07) is 13.0. The summed E-state index contributed by atoms with van der Waals surface area (Å²) in [4.78, 5) is 33.1. The fraction of sp³-hybridized carbons (Fsp3) is 0.0588. The molecule has 28 heavy (non-hydrogen) atoms. The van der Waals surface area contributed by atoms with Crippen LogP contribution in [0.25, 0.3) is 0 Å². The van der Waals surface area contributed by atoms with Gasteiger partial charge in [0.2, 0.25) is 0 Å². The van der Waals surface area contributed by atoms with Gasteiger partial charge in [-0.15, -0.1) is 0 Å². The summed E-state index contributed by atoms with van der Waals surface area (Å²) in [7, 11) is 0.